The van der Waals surface area contributed by atoms with Gasteiger partial charge in [0.1, 0.15) is 0 Å². The van der Waals surface area contributed by atoms with Crippen LogP contribution in [0.15, 0.2) is 0 Å². The van der Waals surface area contributed by atoms with Gasteiger partial charge in [-0.05, 0) is 0 Å². The van der Waals surface area contributed by atoms with Crippen LogP contribution in [-0.4, -0.2) is 15.4 Å². The topological polar surface area (TPSA) is 0 Å². The van der Waals surface area contributed by atoms with Gasteiger partial charge in [0.15, 0.2) is 0 Å². The van der Waals surface area contributed by atoms with Crippen LogP contribution >= 0.6 is 24.8 Å². The van der Waals surface area contributed by atoms with Crippen molar-refractivity contribution in [1.29, 1.82) is 0 Å². The molecule has 0 unspecified atom stereocenters. The average Bonchev–Trinajstić information content (AvgIpc) is 2.21. The molecule has 2 aliphatic carbocycles. The van der Waals surface area contributed by atoms with Gasteiger partial charge in [0.25, 0.3) is 0 Å². The van der Waals surface area contributed by atoms with Gasteiger partial charge < -0.3 is 0 Å². The summed E-state index contributed by atoms with van der Waals surface area (Å²) in [6.45, 7) is 0. The van der Waals surface area contributed by atoms with Gasteiger partial charge in [-0.25, -0.2) is 0 Å². The van der Waals surface area contributed by atoms with Crippen LogP contribution in [0.5, 0.6) is 0 Å². The predicted octanol–water partition coefficient (Wildman–Crippen LogP) is 4.50. The minimum Gasteiger partial charge on any atom is -0.147 e. The molecule has 15 heavy (non-hydrogen) atoms. The van der Waals surface area contributed by atoms with Gasteiger partial charge in [0.2, 0.25) is 0 Å². The maximum absolute atomic E-state index is 1.64. The molecule has 2 rings (SSSR count). The van der Waals surface area contributed by atoms with E-state index in [1.807, 2.05) is 0 Å². The molecule has 0 aliphatic heterocycles. The Bertz CT molecular complexity index is 125. The van der Waals surface area contributed by atoms with Crippen LogP contribution in [0.4, 0.5) is 0 Å². The van der Waals surface area contributed by atoms with E-state index < -0.39 is 0 Å². The molecule has 0 heterocycles. The number of hydrogen-bond acceptors (Lipinski definition) is 0. The molecule has 0 saturated heterocycles. The van der Waals surface area contributed by atoms with Crippen LogP contribution in [-0.2, 0) is 0 Å². The number of rotatable bonds is 2. The Morgan fingerprint density at radius 2 is 0.867 bits per heavy atom. The Morgan fingerprint density at radius 1 is 0.533 bits per heavy atom. The molecule has 2 fully saturated rings. The zero-order chi connectivity index (χ0) is 8.93. The van der Waals surface area contributed by atoms with Gasteiger partial charge in [0.05, 0.1) is 0 Å². The zero-order valence-electron chi connectivity index (χ0n) is 9.75. The normalized spacial score (nSPS) is 24.0. The Balaban J connectivity index is 0.000000980. The molecular weight excluding hydrogens is 288 g/mol. The van der Waals surface area contributed by atoms with E-state index in [1.165, 1.54) is 9.50 Å². The standard InChI is InChI=1S/C12H24Ge.2ClH/c1-3-7-11(8-4-1)13-12-9-5-2-6-10-12;;/h11-12H,1-10,13H2;2*1H. The SMILES string of the molecule is C1CC[CH]([GeH2][CH]2CCCCC2)CC1.Cl.Cl. The predicted molar refractivity (Wildman–Crippen MR) is 76.7 cm³/mol. The van der Waals surface area contributed by atoms with Crippen molar-refractivity contribution in [3.05, 3.63) is 0 Å². The zero-order valence-corrected chi connectivity index (χ0v) is 14.3. The monoisotopic (exact) mass is 314 g/mol. The van der Waals surface area contributed by atoms with Crippen molar-refractivity contribution in [2.24, 2.45) is 0 Å². The summed E-state index contributed by atoms with van der Waals surface area (Å²) in [5.41, 5.74) is 0. The fraction of sp³-hybridized carbons (Fsp3) is 1.00. The molecule has 0 aromatic rings. The third-order valence-electron chi connectivity index (χ3n) is 4.12. The molecule has 0 radical (unpaired) electrons. The molecule has 0 spiro atoms. The third kappa shape index (κ3) is 5.84. The molecule has 0 aromatic heterocycles. The minimum absolute atomic E-state index is 0. The van der Waals surface area contributed by atoms with E-state index in [9.17, 15) is 0 Å². The molecular formula is C12H26Cl2Ge. The largest absolute Gasteiger partial charge is 0.147 e. The number of hydrogen-bond donors (Lipinski definition) is 0. The van der Waals surface area contributed by atoms with Gasteiger partial charge in [-0.1, -0.05) is 0 Å². The van der Waals surface area contributed by atoms with E-state index in [2.05, 4.69) is 0 Å². The van der Waals surface area contributed by atoms with Crippen molar-refractivity contribution in [1.82, 2.24) is 0 Å². The van der Waals surface area contributed by atoms with Gasteiger partial charge in [-0.3, -0.25) is 0 Å². The first-order valence-corrected chi connectivity index (χ1v) is 9.88. The van der Waals surface area contributed by atoms with E-state index in [4.69, 9.17) is 0 Å². The molecule has 2 saturated carbocycles. The Hall–Kier alpha value is 1.12. The summed E-state index contributed by atoms with van der Waals surface area (Å²) < 4.78 is 2.62. The average molecular weight is 314 g/mol. The van der Waals surface area contributed by atoms with E-state index in [0.29, 0.717) is 0 Å². The summed E-state index contributed by atoms with van der Waals surface area (Å²) in [7, 11) is 0. The maximum Gasteiger partial charge on any atom is -0.147 e. The molecule has 0 bridgehead atoms. The summed E-state index contributed by atoms with van der Waals surface area (Å²) in [6.07, 6.45) is 15.9. The van der Waals surface area contributed by atoms with Crippen LogP contribution in [0.2, 0.25) is 9.50 Å². The smallest absolute Gasteiger partial charge is 0.147 e. The van der Waals surface area contributed by atoms with Crippen molar-refractivity contribution in [3.63, 3.8) is 0 Å². The van der Waals surface area contributed by atoms with E-state index >= 15 is 0 Å². The van der Waals surface area contributed by atoms with Crippen LogP contribution in [0.1, 0.15) is 64.2 Å². The van der Waals surface area contributed by atoms with Crippen molar-refractivity contribution < 1.29 is 0 Å². The molecule has 0 aromatic carbocycles. The third-order valence-corrected chi connectivity index (χ3v) is 10.3. The summed E-state index contributed by atoms with van der Waals surface area (Å²) in [5, 5.41) is 0. The number of halogens is 2. The van der Waals surface area contributed by atoms with E-state index in [0.717, 1.165) is 0 Å². The van der Waals surface area contributed by atoms with Crippen LogP contribution < -0.4 is 0 Å². The van der Waals surface area contributed by atoms with Crippen molar-refractivity contribution in [3.8, 4) is 0 Å². The van der Waals surface area contributed by atoms with Gasteiger partial charge >= 0.3 is 89.1 Å². The Morgan fingerprint density at radius 3 is 1.20 bits per heavy atom. The summed E-state index contributed by atoms with van der Waals surface area (Å²) in [4.78, 5) is 0. The quantitative estimate of drug-likeness (QED) is 0.658. The Kier molecular flexibility index (Phi) is 9.87. The second-order valence-electron chi connectivity index (χ2n) is 5.24. The molecule has 3 heteroatoms. The van der Waals surface area contributed by atoms with Crippen molar-refractivity contribution in [2.45, 2.75) is 73.7 Å². The summed E-state index contributed by atoms with van der Waals surface area (Å²) >= 11 is -0.123. The first-order valence-electron chi connectivity index (χ1n) is 6.45. The molecule has 0 N–H and O–H groups in total. The molecule has 2 aliphatic rings. The second-order valence-corrected chi connectivity index (χ2v) is 11.1. The fourth-order valence-corrected chi connectivity index (χ4v) is 9.70. The fourth-order valence-electron chi connectivity index (χ4n) is 3.32. The van der Waals surface area contributed by atoms with Gasteiger partial charge in [-0.15, -0.1) is 24.8 Å². The summed E-state index contributed by atoms with van der Waals surface area (Å²) in [5.74, 6) is 0. The van der Waals surface area contributed by atoms with Crippen molar-refractivity contribution in [2.75, 3.05) is 0 Å². The minimum atomic E-state index is -0.123. The van der Waals surface area contributed by atoms with Gasteiger partial charge in [0, 0.05) is 0 Å². The summed E-state index contributed by atoms with van der Waals surface area (Å²) in [6, 6.07) is 0. The molecule has 92 valence electrons. The van der Waals surface area contributed by atoms with E-state index in [-0.39, 0.29) is 40.2 Å². The van der Waals surface area contributed by atoms with E-state index in [1.54, 1.807) is 64.2 Å². The molecule has 0 nitrogen and oxygen atoms in total. The molecule has 0 atom stereocenters. The van der Waals surface area contributed by atoms with Crippen molar-refractivity contribution >= 4 is 40.2 Å². The molecule has 0 amide bonds. The van der Waals surface area contributed by atoms with Crippen LogP contribution in [0.3, 0.4) is 0 Å². The van der Waals surface area contributed by atoms with Crippen LogP contribution in [0, 0.1) is 0 Å². The second kappa shape index (κ2) is 9.18. The first kappa shape index (κ1) is 16.1. The first-order chi connectivity index (χ1) is 6.45. The van der Waals surface area contributed by atoms with Gasteiger partial charge in [-0.2, -0.15) is 0 Å². The van der Waals surface area contributed by atoms with Crippen LogP contribution in [0.25, 0.3) is 0 Å². The Labute approximate surface area is 114 Å². The maximum atomic E-state index is 1.64.